The molecule has 0 atom stereocenters. The molecule has 2 saturated heterocycles. The van der Waals surface area contributed by atoms with Crippen molar-refractivity contribution < 1.29 is 14.3 Å². The summed E-state index contributed by atoms with van der Waals surface area (Å²) in [6.07, 6.45) is 6.64. The molecule has 32 heavy (non-hydrogen) atoms. The number of hydrogen-bond donors (Lipinski definition) is 0. The molecule has 2 aliphatic rings. The van der Waals surface area contributed by atoms with Gasteiger partial charge >= 0.3 is 0 Å². The minimum Gasteiger partial charge on any atom is -0.457 e. The number of piperidine rings is 1. The Morgan fingerprint density at radius 1 is 1.00 bits per heavy atom. The normalized spacial score (nSPS) is 18.2. The highest BCUT2D eigenvalue weighted by Gasteiger charge is 2.23. The number of aryl methyl sites for hydroxylation is 2. The Bertz CT molecular complexity index is 904. The Labute approximate surface area is 191 Å². The maximum Gasteiger partial charge on any atom is 0.236 e. The molecule has 0 N–H and O–H groups in total. The molecule has 0 spiro atoms. The Hall–Kier alpha value is -2.63. The maximum absolute atomic E-state index is 12.6. The lowest BCUT2D eigenvalue weighted by Gasteiger charge is -2.33. The molecular formula is C27H34N2O3. The molecule has 0 radical (unpaired) electrons. The van der Waals surface area contributed by atoms with Gasteiger partial charge in [0.25, 0.3) is 0 Å². The van der Waals surface area contributed by atoms with Crippen LogP contribution in [0.25, 0.3) is 6.08 Å². The topological polar surface area (TPSA) is 42.0 Å². The number of carbonyl (C=O) groups excluding carboxylic acids is 1. The lowest BCUT2D eigenvalue weighted by Crippen LogP contribution is -2.46. The molecule has 170 valence electrons. The summed E-state index contributed by atoms with van der Waals surface area (Å²) < 4.78 is 11.4. The van der Waals surface area contributed by atoms with E-state index in [0.717, 1.165) is 63.7 Å². The predicted octanol–water partition coefficient (Wildman–Crippen LogP) is 4.68. The van der Waals surface area contributed by atoms with E-state index in [0.29, 0.717) is 12.5 Å². The van der Waals surface area contributed by atoms with E-state index < -0.39 is 0 Å². The highest BCUT2D eigenvalue weighted by Crippen LogP contribution is 2.28. The third kappa shape index (κ3) is 5.99. The van der Waals surface area contributed by atoms with Gasteiger partial charge in [-0.3, -0.25) is 9.69 Å². The van der Waals surface area contributed by atoms with Crippen LogP contribution in [0.4, 0.5) is 0 Å². The zero-order valence-corrected chi connectivity index (χ0v) is 19.3. The van der Waals surface area contributed by atoms with E-state index in [1.807, 2.05) is 35.2 Å². The van der Waals surface area contributed by atoms with Gasteiger partial charge in [-0.25, -0.2) is 0 Å². The highest BCUT2D eigenvalue weighted by molar-refractivity contribution is 5.78. The lowest BCUT2D eigenvalue weighted by atomic mass is 9.94. The fourth-order valence-corrected chi connectivity index (χ4v) is 4.51. The SMILES string of the molecule is Cc1cc(Oc2ccccc2)cc(C)c1/C=C/C1CCN(C(=O)CN2CCOCC2)CC1. The second kappa shape index (κ2) is 10.8. The quantitative estimate of drug-likeness (QED) is 0.662. The van der Waals surface area contributed by atoms with E-state index >= 15 is 0 Å². The van der Waals surface area contributed by atoms with Crippen LogP contribution in [0.1, 0.15) is 29.5 Å². The summed E-state index contributed by atoms with van der Waals surface area (Å²) in [5, 5.41) is 0. The van der Waals surface area contributed by atoms with E-state index in [1.165, 1.54) is 16.7 Å². The number of carbonyl (C=O) groups is 1. The first-order valence-electron chi connectivity index (χ1n) is 11.7. The molecule has 0 aromatic heterocycles. The van der Waals surface area contributed by atoms with Crippen LogP contribution in [0.15, 0.2) is 48.5 Å². The second-order valence-corrected chi connectivity index (χ2v) is 8.85. The van der Waals surface area contributed by atoms with Gasteiger partial charge in [0.15, 0.2) is 0 Å². The van der Waals surface area contributed by atoms with Gasteiger partial charge in [0.2, 0.25) is 5.91 Å². The van der Waals surface area contributed by atoms with Crippen LogP contribution < -0.4 is 4.74 Å². The molecule has 5 heteroatoms. The monoisotopic (exact) mass is 434 g/mol. The summed E-state index contributed by atoms with van der Waals surface area (Å²) >= 11 is 0. The number of ether oxygens (including phenoxy) is 2. The fourth-order valence-electron chi connectivity index (χ4n) is 4.51. The summed E-state index contributed by atoms with van der Waals surface area (Å²) in [5.74, 6) is 2.50. The van der Waals surface area contributed by atoms with E-state index in [2.05, 4.69) is 43.0 Å². The number of morpholine rings is 1. The first-order valence-corrected chi connectivity index (χ1v) is 11.7. The summed E-state index contributed by atoms with van der Waals surface area (Å²) in [4.78, 5) is 16.9. The molecule has 5 nitrogen and oxygen atoms in total. The average Bonchev–Trinajstić information content (AvgIpc) is 2.80. The number of benzene rings is 2. The summed E-state index contributed by atoms with van der Waals surface area (Å²) in [7, 11) is 0. The molecule has 0 bridgehead atoms. The zero-order chi connectivity index (χ0) is 22.3. The van der Waals surface area contributed by atoms with Gasteiger partial charge in [-0.15, -0.1) is 0 Å². The van der Waals surface area contributed by atoms with Gasteiger partial charge in [-0.1, -0.05) is 30.4 Å². The minimum absolute atomic E-state index is 0.259. The molecular weight excluding hydrogens is 400 g/mol. The van der Waals surface area contributed by atoms with E-state index in [4.69, 9.17) is 9.47 Å². The molecule has 2 aromatic carbocycles. The number of nitrogens with zero attached hydrogens (tertiary/aromatic N) is 2. The summed E-state index contributed by atoms with van der Waals surface area (Å²) in [5.41, 5.74) is 3.69. The average molecular weight is 435 g/mol. The standard InChI is InChI=1S/C27H34N2O3/c1-21-18-25(32-24-6-4-3-5-7-24)19-22(2)26(21)9-8-23-10-12-29(13-11-23)27(30)20-28-14-16-31-17-15-28/h3-9,18-19,23H,10-17,20H2,1-2H3/b9-8+. The molecule has 0 unspecified atom stereocenters. The predicted molar refractivity (Wildman–Crippen MR) is 128 cm³/mol. The van der Waals surface area contributed by atoms with E-state index in [9.17, 15) is 4.79 Å². The number of para-hydroxylation sites is 1. The molecule has 2 heterocycles. The molecule has 4 rings (SSSR count). The Morgan fingerprint density at radius 3 is 2.31 bits per heavy atom. The molecule has 2 fully saturated rings. The third-order valence-corrected chi connectivity index (χ3v) is 6.44. The summed E-state index contributed by atoms with van der Waals surface area (Å²) in [6.45, 7) is 9.68. The van der Waals surface area contributed by atoms with Crippen LogP contribution >= 0.6 is 0 Å². The zero-order valence-electron chi connectivity index (χ0n) is 19.3. The second-order valence-electron chi connectivity index (χ2n) is 8.85. The highest BCUT2D eigenvalue weighted by atomic mass is 16.5. The first kappa shape index (κ1) is 22.6. The van der Waals surface area contributed by atoms with Crippen molar-refractivity contribution in [3.8, 4) is 11.5 Å². The number of hydrogen-bond acceptors (Lipinski definition) is 4. The van der Waals surface area contributed by atoms with Crippen molar-refractivity contribution >= 4 is 12.0 Å². The maximum atomic E-state index is 12.6. The number of likely N-dealkylation sites (tertiary alicyclic amines) is 1. The number of rotatable bonds is 6. The minimum atomic E-state index is 0.259. The van der Waals surface area contributed by atoms with Crippen molar-refractivity contribution in [2.24, 2.45) is 5.92 Å². The van der Waals surface area contributed by atoms with Crippen molar-refractivity contribution in [3.63, 3.8) is 0 Å². The Kier molecular flexibility index (Phi) is 7.61. The third-order valence-electron chi connectivity index (χ3n) is 6.44. The van der Waals surface area contributed by atoms with E-state index in [-0.39, 0.29) is 5.91 Å². The van der Waals surface area contributed by atoms with Gasteiger partial charge < -0.3 is 14.4 Å². The van der Waals surface area contributed by atoms with Gasteiger partial charge in [0, 0.05) is 26.2 Å². The largest absolute Gasteiger partial charge is 0.457 e. The Morgan fingerprint density at radius 2 is 1.66 bits per heavy atom. The van der Waals surface area contributed by atoms with Crippen LogP contribution in [0.3, 0.4) is 0 Å². The molecule has 0 aliphatic carbocycles. The van der Waals surface area contributed by atoms with Gasteiger partial charge in [-0.2, -0.15) is 0 Å². The van der Waals surface area contributed by atoms with Crippen LogP contribution in [-0.4, -0.2) is 61.6 Å². The Balaban J connectivity index is 1.30. The van der Waals surface area contributed by atoms with Gasteiger partial charge in [-0.05, 0) is 73.6 Å². The van der Waals surface area contributed by atoms with Crippen molar-refractivity contribution in [2.45, 2.75) is 26.7 Å². The molecule has 2 aromatic rings. The van der Waals surface area contributed by atoms with Crippen molar-refractivity contribution in [1.82, 2.24) is 9.80 Å². The van der Waals surface area contributed by atoms with Crippen molar-refractivity contribution in [1.29, 1.82) is 0 Å². The van der Waals surface area contributed by atoms with Crippen LogP contribution in [-0.2, 0) is 9.53 Å². The molecule has 1 amide bonds. The van der Waals surface area contributed by atoms with Gasteiger partial charge in [0.1, 0.15) is 11.5 Å². The van der Waals surface area contributed by atoms with E-state index in [1.54, 1.807) is 0 Å². The fraction of sp³-hybridized carbons (Fsp3) is 0.444. The summed E-state index contributed by atoms with van der Waals surface area (Å²) in [6, 6.07) is 14.1. The van der Waals surface area contributed by atoms with Crippen molar-refractivity contribution in [2.75, 3.05) is 45.9 Å². The lowest BCUT2D eigenvalue weighted by molar-refractivity contribution is -0.134. The smallest absolute Gasteiger partial charge is 0.236 e. The first-order chi connectivity index (χ1) is 15.6. The van der Waals surface area contributed by atoms with Crippen LogP contribution in [0.5, 0.6) is 11.5 Å². The number of allylic oxidation sites excluding steroid dienone is 1. The van der Waals surface area contributed by atoms with Gasteiger partial charge in [0.05, 0.1) is 19.8 Å². The van der Waals surface area contributed by atoms with Crippen LogP contribution in [0, 0.1) is 19.8 Å². The number of amides is 1. The molecule has 2 aliphatic heterocycles. The molecule has 0 saturated carbocycles. The van der Waals surface area contributed by atoms with Crippen LogP contribution in [0.2, 0.25) is 0 Å². The van der Waals surface area contributed by atoms with Crippen molar-refractivity contribution in [3.05, 3.63) is 65.2 Å².